The molecule has 0 radical (unpaired) electrons. The average Bonchev–Trinajstić information content (AvgIpc) is 2.85. The summed E-state index contributed by atoms with van der Waals surface area (Å²) in [5.41, 5.74) is -0.0435. The molecule has 1 aromatic carbocycles. The molecule has 8 nitrogen and oxygen atoms in total. The minimum atomic E-state index is -1.27. The van der Waals surface area contributed by atoms with Crippen LogP contribution in [0.3, 0.4) is 0 Å². The second kappa shape index (κ2) is 13.9. The highest BCUT2D eigenvalue weighted by Gasteiger charge is 2.16. The van der Waals surface area contributed by atoms with Crippen LogP contribution >= 0.6 is 11.6 Å². The van der Waals surface area contributed by atoms with E-state index in [9.17, 15) is 22.8 Å². The van der Waals surface area contributed by atoms with E-state index in [4.69, 9.17) is 26.2 Å². The van der Waals surface area contributed by atoms with Crippen molar-refractivity contribution in [3.05, 3.63) is 82.0 Å². The van der Waals surface area contributed by atoms with Crippen LogP contribution in [0.5, 0.6) is 5.75 Å². The van der Waals surface area contributed by atoms with Crippen molar-refractivity contribution < 1.29 is 37.3 Å². The SMILES string of the molecule is CCOC(=O)c1cc(F)c(CC)nc1Cl.O=C(O)c1cc(F)cnc1NCCOc1ccc(F)cc1. The fourth-order valence-electron chi connectivity index (χ4n) is 2.71. The van der Waals surface area contributed by atoms with Crippen molar-refractivity contribution in [1.29, 1.82) is 0 Å². The Labute approximate surface area is 210 Å². The number of aryl methyl sites for hydroxylation is 1. The highest BCUT2D eigenvalue weighted by molar-refractivity contribution is 6.32. The second-order valence-corrected chi connectivity index (χ2v) is 7.27. The van der Waals surface area contributed by atoms with E-state index in [-0.39, 0.29) is 53.4 Å². The molecule has 2 aromatic heterocycles. The molecule has 0 aliphatic carbocycles. The van der Waals surface area contributed by atoms with Gasteiger partial charge in [-0.2, -0.15) is 0 Å². The number of nitrogens with one attached hydrogen (secondary N) is 1. The molecule has 0 fully saturated rings. The Bertz CT molecular complexity index is 1200. The number of carboxylic acid groups (broad SMARTS) is 1. The zero-order valence-corrected chi connectivity index (χ0v) is 20.1. The van der Waals surface area contributed by atoms with Crippen LogP contribution in [0, 0.1) is 17.5 Å². The summed E-state index contributed by atoms with van der Waals surface area (Å²) in [7, 11) is 0. The summed E-state index contributed by atoms with van der Waals surface area (Å²) in [4.78, 5) is 29.7. The zero-order valence-electron chi connectivity index (χ0n) is 19.4. The first-order chi connectivity index (χ1) is 17.2. The number of ether oxygens (including phenoxy) is 2. The van der Waals surface area contributed by atoms with E-state index in [1.165, 1.54) is 24.3 Å². The lowest BCUT2D eigenvalue weighted by atomic mass is 10.2. The fraction of sp³-hybridized carbons (Fsp3) is 0.250. The first-order valence-corrected chi connectivity index (χ1v) is 11.1. The minimum absolute atomic E-state index is 0.0216. The van der Waals surface area contributed by atoms with E-state index < -0.39 is 23.6 Å². The van der Waals surface area contributed by atoms with Gasteiger partial charge < -0.3 is 19.9 Å². The molecule has 0 amide bonds. The normalized spacial score (nSPS) is 10.2. The summed E-state index contributed by atoms with van der Waals surface area (Å²) < 4.78 is 49.0. The Kier molecular flexibility index (Phi) is 10.9. The number of pyridine rings is 2. The minimum Gasteiger partial charge on any atom is -0.492 e. The maximum atomic E-state index is 13.3. The number of nitrogens with zero attached hydrogens (tertiary/aromatic N) is 2. The number of anilines is 1. The quantitative estimate of drug-likeness (QED) is 0.224. The van der Waals surface area contributed by atoms with Crippen molar-refractivity contribution in [2.75, 3.05) is 25.1 Å². The van der Waals surface area contributed by atoms with E-state index in [0.717, 1.165) is 18.3 Å². The number of aromatic carboxylic acids is 1. The predicted octanol–water partition coefficient (Wildman–Crippen LogP) is 5.16. The van der Waals surface area contributed by atoms with E-state index in [2.05, 4.69) is 15.3 Å². The Balaban J connectivity index is 0.000000269. The summed E-state index contributed by atoms with van der Waals surface area (Å²) in [6.45, 7) is 4.11. The van der Waals surface area contributed by atoms with Gasteiger partial charge in [0.05, 0.1) is 30.6 Å². The van der Waals surface area contributed by atoms with Crippen molar-refractivity contribution in [3.8, 4) is 5.75 Å². The van der Waals surface area contributed by atoms with Gasteiger partial charge in [-0.1, -0.05) is 18.5 Å². The standard InChI is InChI=1S/C14H12F2N2O3.C10H11ClFNO2/c15-9-1-3-11(4-2-9)21-6-5-17-13-12(14(19)20)7-10(16)8-18-13;1-3-8-7(12)5-6(9(11)13-8)10(14)15-4-2/h1-4,7-8H,5-6H2,(H,17,18)(H,19,20);5H,3-4H2,1-2H3. The number of hydrogen-bond donors (Lipinski definition) is 2. The van der Waals surface area contributed by atoms with Gasteiger partial charge in [-0.3, -0.25) is 0 Å². The molecule has 3 rings (SSSR count). The van der Waals surface area contributed by atoms with Crippen molar-refractivity contribution >= 4 is 29.4 Å². The maximum absolute atomic E-state index is 13.3. The Morgan fingerprint density at radius 1 is 1.06 bits per heavy atom. The van der Waals surface area contributed by atoms with Gasteiger partial charge in [-0.15, -0.1) is 0 Å². The largest absolute Gasteiger partial charge is 0.492 e. The molecular formula is C24H23ClF3N3O5. The fourth-order valence-corrected chi connectivity index (χ4v) is 2.95. The number of benzene rings is 1. The summed E-state index contributed by atoms with van der Waals surface area (Å²) >= 11 is 5.73. The molecule has 192 valence electrons. The molecule has 0 atom stereocenters. The molecule has 2 heterocycles. The molecule has 0 saturated carbocycles. The van der Waals surface area contributed by atoms with Crippen LogP contribution in [-0.2, 0) is 11.2 Å². The number of rotatable bonds is 9. The third-order valence-electron chi connectivity index (χ3n) is 4.39. The molecule has 3 aromatic rings. The number of halogens is 4. The molecule has 12 heteroatoms. The number of carbonyl (C=O) groups is 2. The monoisotopic (exact) mass is 525 g/mol. The van der Waals surface area contributed by atoms with Crippen LogP contribution in [0.4, 0.5) is 19.0 Å². The third-order valence-corrected chi connectivity index (χ3v) is 4.68. The predicted molar refractivity (Wildman–Crippen MR) is 126 cm³/mol. The number of hydrogen-bond acceptors (Lipinski definition) is 7. The first-order valence-electron chi connectivity index (χ1n) is 10.7. The molecule has 0 spiro atoms. The van der Waals surface area contributed by atoms with E-state index in [1.54, 1.807) is 13.8 Å². The summed E-state index contributed by atoms with van der Waals surface area (Å²) in [5, 5.41) is 11.7. The lowest BCUT2D eigenvalue weighted by Gasteiger charge is -2.09. The third kappa shape index (κ3) is 8.42. The van der Waals surface area contributed by atoms with Gasteiger partial charge in [-0.25, -0.2) is 32.7 Å². The molecule has 36 heavy (non-hydrogen) atoms. The van der Waals surface area contributed by atoms with Gasteiger partial charge in [0.25, 0.3) is 0 Å². The summed E-state index contributed by atoms with van der Waals surface area (Å²) in [6.07, 6.45) is 1.35. The van der Waals surface area contributed by atoms with Crippen molar-refractivity contribution in [2.45, 2.75) is 20.3 Å². The molecular weight excluding hydrogens is 503 g/mol. The van der Waals surface area contributed by atoms with Crippen molar-refractivity contribution in [2.24, 2.45) is 0 Å². The van der Waals surface area contributed by atoms with Gasteiger partial charge in [0.1, 0.15) is 46.3 Å². The number of esters is 1. The zero-order chi connectivity index (χ0) is 26.7. The van der Waals surface area contributed by atoms with Crippen LogP contribution in [-0.4, -0.2) is 46.8 Å². The second-order valence-electron chi connectivity index (χ2n) is 6.91. The van der Waals surface area contributed by atoms with Gasteiger partial charge in [0.15, 0.2) is 0 Å². The van der Waals surface area contributed by atoms with Crippen LogP contribution in [0.15, 0.2) is 42.6 Å². The van der Waals surface area contributed by atoms with Crippen molar-refractivity contribution in [1.82, 2.24) is 9.97 Å². The Hall–Kier alpha value is -3.86. The first kappa shape index (κ1) is 28.4. The smallest absolute Gasteiger partial charge is 0.341 e. The molecule has 0 aliphatic heterocycles. The highest BCUT2D eigenvalue weighted by atomic mass is 35.5. The molecule has 0 saturated heterocycles. The average molecular weight is 526 g/mol. The Morgan fingerprint density at radius 3 is 2.36 bits per heavy atom. The Morgan fingerprint density at radius 2 is 1.75 bits per heavy atom. The van der Waals surface area contributed by atoms with Gasteiger partial charge >= 0.3 is 11.9 Å². The van der Waals surface area contributed by atoms with Crippen LogP contribution in [0.2, 0.25) is 5.15 Å². The van der Waals surface area contributed by atoms with Gasteiger partial charge in [-0.05, 0) is 49.7 Å². The number of aromatic nitrogens is 2. The van der Waals surface area contributed by atoms with Crippen LogP contribution in [0.1, 0.15) is 40.3 Å². The van der Waals surface area contributed by atoms with E-state index in [0.29, 0.717) is 12.2 Å². The van der Waals surface area contributed by atoms with E-state index in [1.807, 2.05) is 0 Å². The molecule has 0 unspecified atom stereocenters. The maximum Gasteiger partial charge on any atom is 0.341 e. The summed E-state index contributed by atoms with van der Waals surface area (Å²) in [6, 6.07) is 7.45. The molecule has 0 aliphatic rings. The van der Waals surface area contributed by atoms with Gasteiger partial charge in [0.2, 0.25) is 0 Å². The van der Waals surface area contributed by atoms with Gasteiger partial charge in [0, 0.05) is 0 Å². The lowest BCUT2D eigenvalue weighted by Crippen LogP contribution is -2.15. The van der Waals surface area contributed by atoms with E-state index >= 15 is 0 Å². The van der Waals surface area contributed by atoms with Crippen LogP contribution < -0.4 is 10.1 Å². The number of carbonyl (C=O) groups excluding carboxylic acids is 1. The van der Waals surface area contributed by atoms with Crippen LogP contribution in [0.25, 0.3) is 0 Å². The summed E-state index contributed by atoms with van der Waals surface area (Å²) in [5.74, 6) is -3.00. The van der Waals surface area contributed by atoms with Crippen molar-refractivity contribution in [3.63, 3.8) is 0 Å². The molecule has 0 bridgehead atoms. The lowest BCUT2D eigenvalue weighted by molar-refractivity contribution is 0.0525. The number of carboxylic acids is 1. The topological polar surface area (TPSA) is 111 Å². The highest BCUT2D eigenvalue weighted by Crippen LogP contribution is 2.18. The molecule has 2 N–H and O–H groups in total.